The largest absolute Gasteiger partial charge is 0.506 e. The van der Waals surface area contributed by atoms with Gasteiger partial charge in [-0.2, -0.15) is 0 Å². The molecular formula is C9H12ClNO2. The van der Waals surface area contributed by atoms with Crippen LogP contribution in [0, 0.1) is 0 Å². The number of halogens is 1. The predicted molar refractivity (Wildman–Crippen MR) is 51.7 cm³/mol. The molecular weight excluding hydrogens is 190 g/mol. The Balaban J connectivity index is 2.84. The summed E-state index contributed by atoms with van der Waals surface area (Å²) >= 11 is 5.62. The third-order valence-electron chi connectivity index (χ3n) is 1.84. The third-order valence-corrected chi connectivity index (χ3v) is 2.16. The highest BCUT2D eigenvalue weighted by Crippen LogP contribution is 2.26. The number of benzene rings is 1. The molecule has 0 radical (unpaired) electrons. The van der Waals surface area contributed by atoms with Crippen LogP contribution in [0.4, 0.5) is 0 Å². The maximum Gasteiger partial charge on any atom is 0.134 e. The highest BCUT2D eigenvalue weighted by atomic mass is 35.5. The van der Waals surface area contributed by atoms with Gasteiger partial charge in [0.1, 0.15) is 5.75 Å². The van der Waals surface area contributed by atoms with Crippen molar-refractivity contribution in [1.29, 1.82) is 0 Å². The molecule has 4 N–H and O–H groups in total. The Bertz CT molecular complexity index is 291. The molecule has 0 heterocycles. The van der Waals surface area contributed by atoms with E-state index in [1.807, 2.05) is 0 Å². The minimum absolute atomic E-state index is 0.0209. The zero-order valence-corrected chi connectivity index (χ0v) is 7.83. The second kappa shape index (κ2) is 4.46. The predicted octanol–water partition coefficient (Wildman–Crippen LogP) is 1.43. The van der Waals surface area contributed by atoms with Gasteiger partial charge in [0.2, 0.25) is 0 Å². The lowest BCUT2D eigenvalue weighted by Gasteiger charge is -2.10. The Morgan fingerprint density at radius 1 is 1.46 bits per heavy atom. The van der Waals surface area contributed by atoms with Gasteiger partial charge in [-0.1, -0.05) is 17.7 Å². The molecule has 0 aromatic heterocycles. The van der Waals surface area contributed by atoms with Crippen LogP contribution in [-0.4, -0.2) is 16.8 Å². The number of aromatic hydroxyl groups is 1. The summed E-state index contributed by atoms with van der Waals surface area (Å²) in [5, 5.41) is 18.2. The molecule has 0 aliphatic carbocycles. The fourth-order valence-corrected chi connectivity index (χ4v) is 1.18. The van der Waals surface area contributed by atoms with E-state index >= 15 is 0 Å². The molecule has 0 saturated carbocycles. The number of aliphatic hydroxyl groups is 1. The first-order valence-corrected chi connectivity index (χ1v) is 4.38. The topological polar surface area (TPSA) is 66.5 Å². The molecule has 72 valence electrons. The molecule has 0 spiro atoms. The smallest absolute Gasteiger partial charge is 0.134 e. The van der Waals surface area contributed by atoms with E-state index in [1.165, 1.54) is 6.07 Å². The summed E-state index contributed by atoms with van der Waals surface area (Å²) in [5.41, 5.74) is 6.48. The Kier molecular flexibility index (Phi) is 3.54. The summed E-state index contributed by atoms with van der Waals surface area (Å²) in [7, 11) is 0. The van der Waals surface area contributed by atoms with E-state index in [4.69, 9.17) is 22.4 Å². The van der Waals surface area contributed by atoms with Gasteiger partial charge in [-0.15, -0.1) is 0 Å². The van der Waals surface area contributed by atoms with Crippen molar-refractivity contribution in [3.05, 3.63) is 28.8 Å². The fourth-order valence-electron chi connectivity index (χ4n) is 1.07. The zero-order chi connectivity index (χ0) is 9.84. The summed E-state index contributed by atoms with van der Waals surface area (Å²) < 4.78 is 0. The van der Waals surface area contributed by atoms with E-state index in [1.54, 1.807) is 12.1 Å². The maximum absolute atomic E-state index is 9.27. The molecule has 1 aromatic rings. The molecule has 0 aliphatic rings. The lowest BCUT2D eigenvalue weighted by Crippen LogP contribution is -2.11. The fraction of sp³-hybridized carbons (Fsp3) is 0.333. The van der Waals surface area contributed by atoms with Crippen LogP contribution in [0.15, 0.2) is 18.2 Å². The first kappa shape index (κ1) is 10.3. The summed E-state index contributed by atoms with van der Waals surface area (Å²) in [6.07, 6.45) is 0.473. The quantitative estimate of drug-likeness (QED) is 0.693. The molecule has 1 rings (SSSR count). The number of phenolic OH excluding ortho intramolecular Hbond substituents is 1. The summed E-state index contributed by atoms with van der Waals surface area (Å²) in [5.74, 6) is 0.0209. The van der Waals surface area contributed by atoms with Gasteiger partial charge in [0.25, 0.3) is 0 Å². The van der Waals surface area contributed by atoms with Crippen molar-refractivity contribution in [1.82, 2.24) is 0 Å². The minimum Gasteiger partial charge on any atom is -0.506 e. The van der Waals surface area contributed by atoms with E-state index in [-0.39, 0.29) is 18.4 Å². The van der Waals surface area contributed by atoms with Gasteiger partial charge in [0.05, 0.1) is 5.02 Å². The van der Waals surface area contributed by atoms with Crippen LogP contribution in [0.5, 0.6) is 5.75 Å². The van der Waals surface area contributed by atoms with Crippen molar-refractivity contribution < 1.29 is 10.2 Å². The molecule has 0 fully saturated rings. The van der Waals surface area contributed by atoms with Gasteiger partial charge in [-0.05, 0) is 24.1 Å². The first-order valence-electron chi connectivity index (χ1n) is 4.00. The Morgan fingerprint density at radius 3 is 2.69 bits per heavy atom. The number of rotatable bonds is 3. The average molecular weight is 202 g/mol. The summed E-state index contributed by atoms with van der Waals surface area (Å²) in [4.78, 5) is 0. The lowest BCUT2D eigenvalue weighted by atomic mass is 10.1. The van der Waals surface area contributed by atoms with Crippen LogP contribution >= 0.6 is 11.6 Å². The van der Waals surface area contributed by atoms with Crippen LogP contribution in [0.3, 0.4) is 0 Å². The van der Waals surface area contributed by atoms with Crippen molar-refractivity contribution in [3.8, 4) is 5.75 Å². The van der Waals surface area contributed by atoms with Crippen molar-refractivity contribution in [2.75, 3.05) is 6.61 Å². The molecule has 0 saturated heterocycles. The second-order valence-corrected chi connectivity index (χ2v) is 3.24. The molecule has 1 aromatic carbocycles. The Labute approximate surface area is 81.8 Å². The van der Waals surface area contributed by atoms with Gasteiger partial charge >= 0.3 is 0 Å². The van der Waals surface area contributed by atoms with E-state index in [2.05, 4.69) is 0 Å². The van der Waals surface area contributed by atoms with Gasteiger partial charge in [0, 0.05) is 12.6 Å². The standard InChI is InChI=1S/C9H12ClNO2/c10-7-2-1-6(5-9(7)13)8(11)3-4-12/h1-2,5,8,12-13H,3-4,11H2/t8-/m1/s1. The number of phenols is 1. The van der Waals surface area contributed by atoms with Crippen molar-refractivity contribution in [2.45, 2.75) is 12.5 Å². The average Bonchev–Trinajstić information content (AvgIpc) is 2.10. The van der Waals surface area contributed by atoms with E-state index < -0.39 is 0 Å². The highest BCUT2D eigenvalue weighted by Gasteiger charge is 2.07. The lowest BCUT2D eigenvalue weighted by molar-refractivity contribution is 0.276. The second-order valence-electron chi connectivity index (χ2n) is 2.83. The maximum atomic E-state index is 9.27. The number of hydrogen-bond donors (Lipinski definition) is 3. The molecule has 0 bridgehead atoms. The molecule has 1 atom stereocenters. The highest BCUT2D eigenvalue weighted by molar-refractivity contribution is 6.32. The zero-order valence-electron chi connectivity index (χ0n) is 7.07. The van der Waals surface area contributed by atoms with Crippen molar-refractivity contribution >= 4 is 11.6 Å². The normalized spacial score (nSPS) is 12.8. The molecule has 0 amide bonds. The number of nitrogens with two attached hydrogens (primary N) is 1. The Hall–Kier alpha value is -0.770. The van der Waals surface area contributed by atoms with Crippen LogP contribution in [0.2, 0.25) is 5.02 Å². The van der Waals surface area contributed by atoms with E-state index in [9.17, 15) is 5.11 Å². The molecule has 4 heteroatoms. The molecule has 0 unspecified atom stereocenters. The van der Waals surface area contributed by atoms with Crippen LogP contribution in [0.1, 0.15) is 18.0 Å². The SMILES string of the molecule is N[C@H](CCO)c1ccc(Cl)c(O)c1. The molecule has 0 aliphatic heterocycles. The van der Waals surface area contributed by atoms with Gasteiger partial charge in [-0.25, -0.2) is 0 Å². The van der Waals surface area contributed by atoms with Gasteiger partial charge in [0.15, 0.2) is 0 Å². The summed E-state index contributed by atoms with van der Waals surface area (Å²) in [6.45, 7) is 0.0323. The number of aliphatic hydroxyl groups excluding tert-OH is 1. The van der Waals surface area contributed by atoms with E-state index in [0.717, 1.165) is 5.56 Å². The molecule has 13 heavy (non-hydrogen) atoms. The summed E-state index contributed by atoms with van der Waals surface area (Å²) in [6, 6.07) is 4.59. The first-order chi connectivity index (χ1) is 6.15. The minimum atomic E-state index is -0.256. The third kappa shape index (κ3) is 2.59. The Morgan fingerprint density at radius 2 is 2.15 bits per heavy atom. The van der Waals surface area contributed by atoms with E-state index in [0.29, 0.717) is 11.4 Å². The van der Waals surface area contributed by atoms with Crippen LogP contribution in [0.25, 0.3) is 0 Å². The van der Waals surface area contributed by atoms with Gasteiger partial charge < -0.3 is 15.9 Å². The van der Waals surface area contributed by atoms with Crippen molar-refractivity contribution in [2.24, 2.45) is 5.73 Å². The molecule has 3 nitrogen and oxygen atoms in total. The van der Waals surface area contributed by atoms with Crippen molar-refractivity contribution in [3.63, 3.8) is 0 Å². The van der Waals surface area contributed by atoms with Crippen LogP contribution in [-0.2, 0) is 0 Å². The van der Waals surface area contributed by atoms with Crippen LogP contribution < -0.4 is 5.73 Å². The van der Waals surface area contributed by atoms with Gasteiger partial charge in [-0.3, -0.25) is 0 Å². The number of hydrogen-bond acceptors (Lipinski definition) is 3. The monoisotopic (exact) mass is 201 g/mol.